The first-order chi connectivity index (χ1) is 14.8. The van der Waals surface area contributed by atoms with Crippen LogP contribution in [0.4, 0.5) is 10.5 Å². The fourth-order valence-electron chi connectivity index (χ4n) is 3.38. The minimum absolute atomic E-state index is 0.0213. The number of rotatable bonds is 7. The first-order valence-corrected chi connectivity index (χ1v) is 11.3. The highest BCUT2D eigenvalue weighted by atomic mass is 32.2. The number of carbonyl (C=O) groups is 2. The van der Waals surface area contributed by atoms with Crippen molar-refractivity contribution in [1.29, 1.82) is 0 Å². The topological polar surface area (TPSA) is 119 Å². The molecular weight excluding hydrogens is 418 g/mol. The zero-order valence-corrected chi connectivity index (χ0v) is 17.8. The molecule has 2 aromatic rings. The lowest BCUT2D eigenvalue weighted by Gasteiger charge is -2.35. The van der Waals surface area contributed by atoms with Crippen LogP contribution in [-0.4, -0.2) is 43.2 Å². The summed E-state index contributed by atoms with van der Waals surface area (Å²) in [4.78, 5) is 24.2. The van der Waals surface area contributed by atoms with E-state index in [4.69, 9.17) is 10.5 Å². The Bertz CT molecular complexity index is 1040. The van der Waals surface area contributed by atoms with Gasteiger partial charge in [-0.15, -0.1) is 0 Å². The SMILES string of the molecule is C=CC(=O)C1CC(N)CCN1S(=O)(=O)c1ccc(NC(=O)OCc2ccccc2)cc1. The molecule has 0 spiro atoms. The number of nitrogens with two attached hydrogens (primary N) is 1. The molecule has 0 radical (unpaired) electrons. The van der Waals surface area contributed by atoms with Crippen LogP contribution in [0.2, 0.25) is 0 Å². The molecule has 0 bridgehead atoms. The number of sulfonamides is 1. The summed E-state index contributed by atoms with van der Waals surface area (Å²) < 4.78 is 32.5. The number of nitrogens with one attached hydrogen (secondary N) is 1. The zero-order chi connectivity index (χ0) is 22.4. The van der Waals surface area contributed by atoms with Gasteiger partial charge in [0.1, 0.15) is 6.61 Å². The monoisotopic (exact) mass is 443 g/mol. The molecule has 0 aliphatic carbocycles. The minimum Gasteiger partial charge on any atom is -0.444 e. The van der Waals surface area contributed by atoms with E-state index in [1.165, 1.54) is 28.6 Å². The van der Waals surface area contributed by atoms with E-state index in [9.17, 15) is 18.0 Å². The van der Waals surface area contributed by atoms with Gasteiger partial charge in [-0.25, -0.2) is 13.2 Å². The van der Waals surface area contributed by atoms with Crippen LogP contribution < -0.4 is 11.1 Å². The van der Waals surface area contributed by atoms with E-state index in [2.05, 4.69) is 11.9 Å². The maximum Gasteiger partial charge on any atom is 0.411 e. The summed E-state index contributed by atoms with van der Waals surface area (Å²) in [7, 11) is -3.92. The molecule has 2 aromatic carbocycles. The molecule has 1 fully saturated rings. The standard InChI is InChI=1S/C22H25N3O5S/c1-2-21(26)20-14-17(23)12-13-25(20)31(28,29)19-10-8-18(9-11-19)24-22(27)30-15-16-6-4-3-5-7-16/h2-11,17,20H,1,12-15,23H2,(H,24,27). The third kappa shape index (κ3) is 5.57. The minimum atomic E-state index is -3.92. The van der Waals surface area contributed by atoms with Crippen molar-refractivity contribution in [3.8, 4) is 0 Å². The van der Waals surface area contributed by atoms with Crippen molar-refractivity contribution >= 4 is 27.6 Å². The fourth-order valence-corrected chi connectivity index (χ4v) is 5.00. The van der Waals surface area contributed by atoms with Crippen LogP contribution in [0.3, 0.4) is 0 Å². The molecule has 31 heavy (non-hydrogen) atoms. The van der Waals surface area contributed by atoms with Gasteiger partial charge in [0.15, 0.2) is 5.78 Å². The van der Waals surface area contributed by atoms with Crippen molar-refractivity contribution < 1.29 is 22.7 Å². The number of amides is 1. The summed E-state index contributed by atoms with van der Waals surface area (Å²) in [6, 6.07) is 13.8. The maximum atomic E-state index is 13.1. The number of piperidine rings is 1. The lowest BCUT2D eigenvalue weighted by atomic mass is 9.97. The summed E-state index contributed by atoms with van der Waals surface area (Å²) in [5.74, 6) is -0.377. The van der Waals surface area contributed by atoms with Crippen LogP contribution in [0, 0.1) is 0 Å². The van der Waals surface area contributed by atoms with Gasteiger partial charge in [0.25, 0.3) is 0 Å². The number of anilines is 1. The summed E-state index contributed by atoms with van der Waals surface area (Å²) in [6.07, 6.45) is 1.18. The Morgan fingerprint density at radius 3 is 2.48 bits per heavy atom. The van der Waals surface area contributed by atoms with E-state index < -0.39 is 22.2 Å². The van der Waals surface area contributed by atoms with E-state index in [0.717, 1.165) is 11.6 Å². The lowest BCUT2D eigenvalue weighted by Crippen LogP contribution is -2.52. The zero-order valence-electron chi connectivity index (χ0n) is 16.9. The molecule has 1 aliphatic rings. The average molecular weight is 444 g/mol. The highest BCUT2D eigenvalue weighted by molar-refractivity contribution is 7.89. The Kier molecular flexibility index (Phi) is 7.21. The number of ketones is 1. The van der Waals surface area contributed by atoms with Crippen LogP contribution in [0.1, 0.15) is 18.4 Å². The summed E-state index contributed by atoms with van der Waals surface area (Å²) in [5.41, 5.74) is 7.17. The number of hydrogen-bond acceptors (Lipinski definition) is 6. The number of nitrogens with zero attached hydrogens (tertiary/aromatic N) is 1. The van der Waals surface area contributed by atoms with Gasteiger partial charge in [0.2, 0.25) is 10.0 Å². The molecule has 0 saturated carbocycles. The van der Waals surface area contributed by atoms with Gasteiger partial charge in [-0.2, -0.15) is 4.31 Å². The Morgan fingerprint density at radius 1 is 1.16 bits per heavy atom. The highest BCUT2D eigenvalue weighted by Crippen LogP contribution is 2.26. The molecule has 3 N–H and O–H groups in total. The van der Waals surface area contributed by atoms with E-state index in [1.54, 1.807) is 0 Å². The van der Waals surface area contributed by atoms with Gasteiger partial charge in [-0.1, -0.05) is 36.9 Å². The predicted octanol–water partition coefficient (Wildman–Crippen LogP) is 2.67. The van der Waals surface area contributed by atoms with E-state index >= 15 is 0 Å². The molecule has 1 heterocycles. The second-order valence-electron chi connectivity index (χ2n) is 7.23. The van der Waals surface area contributed by atoms with Gasteiger partial charge in [-0.05, 0) is 48.7 Å². The lowest BCUT2D eigenvalue weighted by molar-refractivity contribution is -0.119. The van der Waals surface area contributed by atoms with Gasteiger partial charge in [-0.3, -0.25) is 10.1 Å². The molecular formula is C22H25N3O5S. The normalized spacial score (nSPS) is 19.4. The number of ether oxygens (including phenoxy) is 1. The van der Waals surface area contributed by atoms with Crippen LogP contribution in [0.15, 0.2) is 72.1 Å². The van der Waals surface area contributed by atoms with Gasteiger partial charge in [0, 0.05) is 18.3 Å². The van der Waals surface area contributed by atoms with Crippen molar-refractivity contribution in [2.75, 3.05) is 11.9 Å². The molecule has 0 aromatic heterocycles. The Labute approximate surface area is 181 Å². The second kappa shape index (κ2) is 9.86. The molecule has 1 aliphatic heterocycles. The van der Waals surface area contributed by atoms with Crippen molar-refractivity contribution in [1.82, 2.24) is 4.31 Å². The van der Waals surface area contributed by atoms with E-state index in [0.29, 0.717) is 12.1 Å². The van der Waals surface area contributed by atoms with Crippen LogP contribution >= 0.6 is 0 Å². The summed E-state index contributed by atoms with van der Waals surface area (Å²) in [5, 5.41) is 2.56. The number of carbonyl (C=O) groups excluding carboxylic acids is 2. The van der Waals surface area contributed by atoms with Crippen molar-refractivity contribution in [2.45, 2.75) is 36.4 Å². The summed E-state index contributed by atoms with van der Waals surface area (Å²) in [6.45, 7) is 3.73. The Hall–Kier alpha value is -3.01. The van der Waals surface area contributed by atoms with Crippen LogP contribution in [0.25, 0.3) is 0 Å². The average Bonchev–Trinajstić information content (AvgIpc) is 2.78. The molecule has 1 amide bonds. The number of hydrogen-bond donors (Lipinski definition) is 2. The highest BCUT2D eigenvalue weighted by Gasteiger charge is 2.38. The first kappa shape index (κ1) is 22.7. The van der Waals surface area contributed by atoms with Crippen molar-refractivity contribution in [3.05, 3.63) is 72.8 Å². The van der Waals surface area contributed by atoms with Gasteiger partial charge < -0.3 is 10.5 Å². The van der Waals surface area contributed by atoms with Gasteiger partial charge >= 0.3 is 6.09 Å². The largest absolute Gasteiger partial charge is 0.444 e. The van der Waals surface area contributed by atoms with Crippen molar-refractivity contribution in [2.24, 2.45) is 5.73 Å². The quantitative estimate of drug-likeness (QED) is 0.635. The molecule has 9 heteroatoms. The second-order valence-corrected chi connectivity index (χ2v) is 9.12. The van der Waals surface area contributed by atoms with Crippen LogP contribution in [-0.2, 0) is 26.2 Å². The molecule has 1 saturated heterocycles. The fraction of sp³-hybridized carbons (Fsp3) is 0.273. The molecule has 2 atom stereocenters. The third-order valence-electron chi connectivity index (χ3n) is 5.04. The molecule has 3 rings (SSSR count). The Morgan fingerprint density at radius 2 is 1.84 bits per heavy atom. The summed E-state index contributed by atoms with van der Waals surface area (Å²) >= 11 is 0. The molecule has 164 valence electrons. The van der Waals surface area contributed by atoms with Crippen LogP contribution in [0.5, 0.6) is 0 Å². The van der Waals surface area contributed by atoms with E-state index in [1.807, 2.05) is 30.3 Å². The number of benzene rings is 2. The smallest absolute Gasteiger partial charge is 0.411 e. The van der Waals surface area contributed by atoms with Crippen molar-refractivity contribution in [3.63, 3.8) is 0 Å². The predicted molar refractivity (Wildman–Crippen MR) is 117 cm³/mol. The molecule has 8 nitrogen and oxygen atoms in total. The van der Waals surface area contributed by atoms with E-state index in [-0.39, 0.29) is 36.3 Å². The molecule has 2 unspecified atom stereocenters. The first-order valence-electron chi connectivity index (χ1n) is 9.82. The maximum absolute atomic E-state index is 13.1. The van der Waals surface area contributed by atoms with Gasteiger partial charge in [0.05, 0.1) is 10.9 Å². The third-order valence-corrected chi connectivity index (χ3v) is 6.97. The Balaban J connectivity index is 1.67.